The number of ether oxygens (including phenoxy) is 1. The first-order chi connectivity index (χ1) is 4.20. The number of carboxylic acids is 1. The summed E-state index contributed by atoms with van der Waals surface area (Å²) in [6.45, 7) is 0.395. The summed E-state index contributed by atoms with van der Waals surface area (Å²) in [4.78, 5) is 20.4. The smallest absolute Gasteiger partial charge is 0.310 e. The number of carbonyl (C=O) groups excluding carboxylic acids is 1. The Morgan fingerprint density at radius 1 is 1.67 bits per heavy atom. The van der Waals surface area contributed by atoms with E-state index in [9.17, 15) is 9.59 Å². The van der Waals surface area contributed by atoms with Gasteiger partial charge in [0, 0.05) is 0 Å². The zero-order valence-corrected chi connectivity index (χ0v) is 4.66. The molecule has 9 heavy (non-hydrogen) atoms. The van der Waals surface area contributed by atoms with Crippen LogP contribution in [0.1, 0.15) is 6.42 Å². The highest BCUT2D eigenvalue weighted by molar-refractivity contribution is 5.98. The maximum atomic E-state index is 10.5. The van der Waals surface area contributed by atoms with E-state index in [1.807, 2.05) is 0 Å². The summed E-state index contributed by atoms with van der Waals surface area (Å²) < 4.78 is 4.56. The lowest BCUT2D eigenvalue weighted by molar-refractivity contribution is -0.140. The zero-order chi connectivity index (χ0) is 6.85. The van der Waals surface area contributed by atoms with Crippen LogP contribution in [0.25, 0.3) is 0 Å². The average Bonchev–Trinajstić information content (AvgIpc) is 2.40. The summed E-state index contributed by atoms with van der Waals surface area (Å²) in [6, 6.07) is 0. The number of rotatable bonds is 3. The van der Waals surface area contributed by atoms with E-state index >= 15 is 0 Å². The molecule has 0 aliphatic carbocycles. The number of aliphatic carboxylic acids is 1. The van der Waals surface area contributed by atoms with Gasteiger partial charge in [-0.05, 0) is 0 Å². The molecule has 0 aromatic heterocycles. The molecule has 1 heterocycles. The topological polar surface area (TPSA) is 66.9 Å². The summed E-state index contributed by atoms with van der Waals surface area (Å²) >= 11 is 0. The molecule has 50 valence electrons. The van der Waals surface area contributed by atoms with Gasteiger partial charge in [0.1, 0.15) is 12.5 Å². The monoisotopic (exact) mass is 130 g/mol. The van der Waals surface area contributed by atoms with Crippen molar-refractivity contribution >= 4 is 11.8 Å². The van der Waals surface area contributed by atoms with E-state index in [-0.39, 0.29) is 5.78 Å². The minimum atomic E-state index is -1.09. The van der Waals surface area contributed by atoms with Crippen molar-refractivity contribution in [1.82, 2.24) is 0 Å². The first kappa shape index (κ1) is 6.22. The zero-order valence-electron chi connectivity index (χ0n) is 4.66. The molecular weight excluding hydrogens is 124 g/mol. The number of ketones is 1. The van der Waals surface area contributed by atoms with Gasteiger partial charge in [-0.25, -0.2) is 0 Å². The molecule has 1 saturated heterocycles. The van der Waals surface area contributed by atoms with Crippen molar-refractivity contribution in [2.75, 3.05) is 6.61 Å². The van der Waals surface area contributed by atoms with E-state index in [2.05, 4.69) is 4.74 Å². The Bertz CT molecular complexity index is 147. The van der Waals surface area contributed by atoms with Crippen molar-refractivity contribution in [3.63, 3.8) is 0 Å². The Kier molecular flexibility index (Phi) is 1.48. The largest absolute Gasteiger partial charge is 0.481 e. The molecule has 1 N–H and O–H groups in total. The van der Waals surface area contributed by atoms with E-state index in [1.165, 1.54) is 0 Å². The lowest BCUT2D eigenvalue weighted by atomic mass is 10.2. The minimum absolute atomic E-state index is 0.331. The summed E-state index contributed by atoms with van der Waals surface area (Å²) in [5.74, 6) is -1.42. The Balaban J connectivity index is 2.26. The van der Waals surface area contributed by atoms with Crippen LogP contribution in [0, 0.1) is 0 Å². The molecule has 0 saturated carbocycles. The molecule has 0 bridgehead atoms. The predicted octanol–water partition coefficient (Wildman–Crippen LogP) is -0.571. The molecule has 1 aliphatic rings. The Labute approximate surface area is 51.4 Å². The molecule has 0 spiro atoms. The molecule has 0 amide bonds. The molecule has 1 fully saturated rings. The fraction of sp³-hybridized carbons (Fsp3) is 0.600. The van der Waals surface area contributed by atoms with Gasteiger partial charge in [-0.15, -0.1) is 0 Å². The van der Waals surface area contributed by atoms with Crippen molar-refractivity contribution in [2.45, 2.75) is 12.5 Å². The van der Waals surface area contributed by atoms with Gasteiger partial charge in [0.2, 0.25) is 0 Å². The molecule has 0 aromatic rings. The molecule has 4 nitrogen and oxygen atoms in total. The van der Waals surface area contributed by atoms with Crippen molar-refractivity contribution in [3.8, 4) is 0 Å². The van der Waals surface area contributed by atoms with Crippen molar-refractivity contribution < 1.29 is 19.4 Å². The van der Waals surface area contributed by atoms with Crippen LogP contribution < -0.4 is 0 Å². The van der Waals surface area contributed by atoms with Crippen LogP contribution in [0.4, 0.5) is 0 Å². The second-order valence-electron chi connectivity index (χ2n) is 1.86. The highest BCUT2D eigenvalue weighted by Gasteiger charge is 2.31. The second-order valence-corrected chi connectivity index (χ2v) is 1.86. The van der Waals surface area contributed by atoms with Crippen LogP contribution in [0.15, 0.2) is 0 Å². The lowest BCUT2D eigenvalue weighted by Crippen LogP contribution is -2.11. The molecule has 1 atom stereocenters. The summed E-state index contributed by atoms with van der Waals surface area (Å²) in [6.07, 6.45) is -0.828. The molecular formula is C5H6O4. The van der Waals surface area contributed by atoms with E-state index in [4.69, 9.17) is 5.11 Å². The Hall–Kier alpha value is -0.900. The molecule has 0 radical (unpaired) electrons. The first-order valence-corrected chi connectivity index (χ1v) is 2.56. The van der Waals surface area contributed by atoms with Gasteiger partial charge in [-0.3, -0.25) is 9.59 Å². The summed E-state index contributed by atoms with van der Waals surface area (Å²) in [7, 11) is 0. The maximum Gasteiger partial charge on any atom is 0.310 e. The van der Waals surface area contributed by atoms with E-state index in [1.54, 1.807) is 0 Å². The van der Waals surface area contributed by atoms with Crippen molar-refractivity contribution in [1.29, 1.82) is 0 Å². The Morgan fingerprint density at radius 2 is 2.22 bits per heavy atom. The quantitative estimate of drug-likeness (QED) is 0.410. The number of carbonyl (C=O) groups is 2. The number of hydrogen-bond donors (Lipinski definition) is 1. The highest BCUT2D eigenvalue weighted by atomic mass is 16.6. The van der Waals surface area contributed by atoms with Gasteiger partial charge in [0.05, 0.1) is 6.61 Å². The van der Waals surface area contributed by atoms with Gasteiger partial charge in [-0.2, -0.15) is 0 Å². The van der Waals surface area contributed by atoms with Gasteiger partial charge < -0.3 is 9.84 Å². The van der Waals surface area contributed by atoms with Crippen molar-refractivity contribution in [2.24, 2.45) is 0 Å². The summed E-state index contributed by atoms with van der Waals surface area (Å²) in [5.41, 5.74) is 0. The average molecular weight is 130 g/mol. The lowest BCUT2D eigenvalue weighted by Gasteiger charge is -1.86. The second kappa shape index (κ2) is 2.14. The normalized spacial score (nSPS) is 23.3. The number of Topliss-reactive ketones (excluding diaryl/α,β-unsaturated/α-hetero) is 1. The molecule has 1 rings (SSSR count). The van der Waals surface area contributed by atoms with Crippen LogP contribution in [0.5, 0.6) is 0 Å². The third-order valence-electron chi connectivity index (χ3n) is 1.02. The minimum Gasteiger partial charge on any atom is -0.481 e. The van der Waals surface area contributed by atoms with E-state index in [0.29, 0.717) is 6.61 Å². The van der Waals surface area contributed by atoms with Gasteiger partial charge in [-0.1, -0.05) is 0 Å². The molecule has 0 aromatic carbocycles. The van der Waals surface area contributed by atoms with E-state index < -0.39 is 18.5 Å². The number of carboxylic acid groups (broad SMARTS) is 1. The molecule has 1 aliphatic heterocycles. The van der Waals surface area contributed by atoms with Crippen LogP contribution in [0.3, 0.4) is 0 Å². The SMILES string of the molecule is O=C(O)CC(=O)C1CO1. The molecule has 1 unspecified atom stereocenters. The Morgan fingerprint density at radius 3 is 2.56 bits per heavy atom. The number of epoxide rings is 1. The fourth-order valence-electron chi connectivity index (χ4n) is 0.497. The summed E-state index contributed by atoms with van der Waals surface area (Å²) in [5, 5.41) is 8.08. The van der Waals surface area contributed by atoms with Crippen molar-refractivity contribution in [3.05, 3.63) is 0 Å². The van der Waals surface area contributed by atoms with Crippen LogP contribution >= 0.6 is 0 Å². The predicted molar refractivity (Wildman–Crippen MR) is 27.0 cm³/mol. The van der Waals surface area contributed by atoms with Gasteiger partial charge in [0.15, 0.2) is 5.78 Å². The van der Waals surface area contributed by atoms with Crippen LogP contribution in [0.2, 0.25) is 0 Å². The van der Waals surface area contributed by atoms with Crippen LogP contribution in [-0.2, 0) is 14.3 Å². The highest BCUT2D eigenvalue weighted by Crippen LogP contribution is 2.11. The van der Waals surface area contributed by atoms with E-state index in [0.717, 1.165) is 0 Å². The maximum absolute atomic E-state index is 10.5. The third kappa shape index (κ3) is 1.81. The standard InChI is InChI=1S/C5H6O4/c6-3(1-5(7)8)4-2-9-4/h4H,1-2H2,(H,7,8). The number of hydrogen-bond acceptors (Lipinski definition) is 3. The third-order valence-corrected chi connectivity index (χ3v) is 1.02. The first-order valence-electron chi connectivity index (χ1n) is 2.56. The van der Waals surface area contributed by atoms with Gasteiger partial charge in [0.25, 0.3) is 0 Å². The van der Waals surface area contributed by atoms with Crippen LogP contribution in [-0.4, -0.2) is 29.6 Å². The molecule has 4 heteroatoms. The fourth-order valence-corrected chi connectivity index (χ4v) is 0.497. The van der Waals surface area contributed by atoms with Gasteiger partial charge >= 0.3 is 5.97 Å².